The first-order chi connectivity index (χ1) is 8.88. The Morgan fingerprint density at radius 3 is 2.21 bits per heavy atom. The van der Waals surface area contributed by atoms with Crippen LogP contribution < -0.4 is 5.73 Å². The van der Waals surface area contributed by atoms with Gasteiger partial charge in [-0.2, -0.15) is 0 Å². The molecule has 0 bridgehead atoms. The molecule has 0 saturated heterocycles. The zero-order valence-electron chi connectivity index (χ0n) is 11.7. The fourth-order valence-corrected chi connectivity index (χ4v) is 4.45. The first-order valence-corrected chi connectivity index (χ1v) is 8.57. The van der Waals surface area contributed by atoms with Crippen molar-refractivity contribution >= 4 is 9.84 Å². The van der Waals surface area contributed by atoms with Gasteiger partial charge in [-0.3, -0.25) is 0 Å². The highest BCUT2D eigenvalue weighted by Crippen LogP contribution is 2.50. The van der Waals surface area contributed by atoms with Gasteiger partial charge in [-0.25, -0.2) is 8.42 Å². The van der Waals surface area contributed by atoms with E-state index in [4.69, 9.17) is 5.73 Å². The summed E-state index contributed by atoms with van der Waals surface area (Å²) in [6, 6.07) is 7.31. The lowest BCUT2D eigenvalue weighted by molar-refractivity contribution is 0.510. The van der Waals surface area contributed by atoms with Gasteiger partial charge in [0.1, 0.15) is 0 Å². The predicted octanol–water partition coefficient (Wildman–Crippen LogP) is 2.71. The standard InChI is InChI=1S/C15H23NO2S/c1-12(2)13-3-5-14(6-4-13)19(17,18)11-15(7-8-15)9-10-16/h3-6,12H,7-11,16H2,1-2H3. The van der Waals surface area contributed by atoms with Crippen LogP contribution in [0.5, 0.6) is 0 Å². The molecule has 19 heavy (non-hydrogen) atoms. The molecular formula is C15H23NO2S. The highest BCUT2D eigenvalue weighted by molar-refractivity contribution is 7.91. The van der Waals surface area contributed by atoms with Crippen molar-refractivity contribution in [2.75, 3.05) is 12.3 Å². The molecule has 1 saturated carbocycles. The molecule has 0 atom stereocenters. The minimum Gasteiger partial charge on any atom is -0.330 e. The van der Waals surface area contributed by atoms with Gasteiger partial charge < -0.3 is 5.73 Å². The third-order valence-corrected chi connectivity index (χ3v) is 6.02. The maximum atomic E-state index is 12.4. The van der Waals surface area contributed by atoms with Crippen molar-refractivity contribution in [3.63, 3.8) is 0 Å². The minimum atomic E-state index is -3.18. The molecule has 0 unspecified atom stereocenters. The first kappa shape index (κ1) is 14.5. The topological polar surface area (TPSA) is 60.2 Å². The van der Waals surface area contributed by atoms with Crippen LogP contribution in [0.1, 0.15) is 44.6 Å². The fourth-order valence-electron chi connectivity index (χ4n) is 2.50. The Morgan fingerprint density at radius 2 is 1.79 bits per heavy atom. The van der Waals surface area contributed by atoms with E-state index in [0.717, 1.165) is 19.3 Å². The van der Waals surface area contributed by atoms with E-state index in [1.165, 1.54) is 5.56 Å². The lowest BCUT2D eigenvalue weighted by Gasteiger charge is -2.14. The first-order valence-electron chi connectivity index (χ1n) is 6.91. The van der Waals surface area contributed by atoms with E-state index in [1.54, 1.807) is 12.1 Å². The summed E-state index contributed by atoms with van der Waals surface area (Å²) in [4.78, 5) is 0.445. The smallest absolute Gasteiger partial charge is 0.178 e. The lowest BCUT2D eigenvalue weighted by Crippen LogP contribution is -2.20. The van der Waals surface area contributed by atoms with Gasteiger partial charge in [0.25, 0.3) is 0 Å². The van der Waals surface area contributed by atoms with Crippen LogP contribution in [0, 0.1) is 5.41 Å². The predicted molar refractivity (Wildman–Crippen MR) is 77.9 cm³/mol. The summed E-state index contributed by atoms with van der Waals surface area (Å²) >= 11 is 0. The van der Waals surface area contributed by atoms with Gasteiger partial charge in [0, 0.05) is 0 Å². The summed E-state index contributed by atoms with van der Waals surface area (Å²) in [5.74, 6) is 0.668. The van der Waals surface area contributed by atoms with Crippen LogP contribution in [0.2, 0.25) is 0 Å². The number of hydrogen-bond acceptors (Lipinski definition) is 3. The van der Waals surface area contributed by atoms with Crippen molar-refractivity contribution in [2.24, 2.45) is 11.1 Å². The second kappa shape index (κ2) is 5.25. The monoisotopic (exact) mass is 281 g/mol. The van der Waals surface area contributed by atoms with Crippen molar-refractivity contribution in [1.82, 2.24) is 0 Å². The second-order valence-corrected chi connectivity index (χ2v) is 8.01. The Morgan fingerprint density at radius 1 is 1.21 bits per heavy atom. The molecule has 0 heterocycles. The Balaban J connectivity index is 2.16. The SMILES string of the molecule is CC(C)c1ccc(S(=O)(=O)CC2(CCN)CC2)cc1. The van der Waals surface area contributed by atoms with Crippen molar-refractivity contribution in [1.29, 1.82) is 0 Å². The van der Waals surface area contributed by atoms with E-state index in [2.05, 4.69) is 13.8 Å². The zero-order valence-corrected chi connectivity index (χ0v) is 12.5. The normalized spacial score (nSPS) is 17.7. The fraction of sp³-hybridized carbons (Fsp3) is 0.600. The van der Waals surface area contributed by atoms with Crippen LogP contribution in [0.15, 0.2) is 29.2 Å². The van der Waals surface area contributed by atoms with Crippen LogP contribution in [0.25, 0.3) is 0 Å². The molecular weight excluding hydrogens is 258 g/mol. The molecule has 3 nitrogen and oxygen atoms in total. The second-order valence-electron chi connectivity index (χ2n) is 6.02. The van der Waals surface area contributed by atoms with Crippen molar-refractivity contribution in [3.8, 4) is 0 Å². The number of sulfone groups is 1. The Hall–Kier alpha value is -0.870. The Bertz CT molecular complexity index is 528. The van der Waals surface area contributed by atoms with Gasteiger partial charge in [0.2, 0.25) is 0 Å². The minimum absolute atomic E-state index is 0.0374. The van der Waals surface area contributed by atoms with Crippen LogP contribution >= 0.6 is 0 Å². The molecule has 2 N–H and O–H groups in total. The van der Waals surface area contributed by atoms with Gasteiger partial charge >= 0.3 is 0 Å². The summed E-state index contributed by atoms with van der Waals surface area (Å²) in [5.41, 5.74) is 6.70. The van der Waals surface area contributed by atoms with Crippen LogP contribution in [-0.4, -0.2) is 20.7 Å². The summed E-state index contributed by atoms with van der Waals surface area (Å²) in [6.07, 6.45) is 2.80. The van der Waals surface area contributed by atoms with Crippen LogP contribution in [0.4, 0.5) is 0 Å². The molecule has 0 aromatic heterocycles. The summed E-state index contributed by atoms with van der Waals surface area (Å²) < 4.78 is 24.8. The van der Waals surface area contributed by atoms with Gasteiger partial charge in [-0.15, -0.1) is 0 Å². The molecule has 4 heteroatoms. The largest absolute Gasteiger partial charge is 0.330 e. The van der Waals surface area contributed by atoms with Gasteiger partial charge in [0.15, 0.2) is 9.84 Å². The average Bonchev–Trinajstić information content (AvgIpc) is 3.08. The number of rotatable bonds is 6. The summed E-state index contributed by atoms with van der Waals surface area (Å²) in [7, 11) is -3.18. The number of nitrogens with two attached hydrogens (primary N) is 1. The Kier molecular flexibility index (Phi) is 4.02. The maximum Gasteiger partial charge on any atom is 0.178 e. The summed E-state index contributed by atoms with van der Waals surface area (Å²) in [5, 5.41) is 0. The van der Waals surface area contributed by atoms with Crippen molar-refractivity contribution in [3.05, 3.63) is 29.8 Å². The highest BCUT2D eigenvalue weighted by Gasteiger charge is 2.45. The zero-order chi connectivity index (χ0) is 14.1. The highest BCUT2D eigenvalue weighted by atomic mass is 32.2. The lowest BCUT2D eigenvalue weighted by atomic mass is 10.0. The molecule has 1 aromatic rings. The maximum absolute atomic E-state index is 12.4. The molecule has 2 rings (SSSR count). The molecule has 106 valence electrons. The number of hydrogen-bond donors (Lipinski definition) is 1. The van der Waals surface area contributed by atoms with E-state index in [1.807, 2.05) is 12.1 Å². The van der Waals surface area contributed by atoms with E-state index in [0.29, 0.717) is 17.4 Å². The molecule has 1 fully saturated rings. The molecule has 1 aromatic carbocycles. The Labute approximate surface area is 116 Å². The molecule has 1 aliphatic carbocycles. The van der Waals surface area contributed by atoms with Crippen LogP contribution in [-0.2, 0) is 9.84 Å². The van der Waals surface area contributed by atoms with Crippen LogP contribution in [0.3, 0.4) is 0 Å². The number of benzene rings is 1. The van der Waals surface area contributed by atoms with Crippen molar-refractivity contribution in [2.45, 2.75) is 43.9 Å². The molecule has 1 aliphatic rings. The van der Waals surface area contributed by atoms with Gasteiger partial charge in [-0.05, 0) is 54.8 Å². The third-order valence-electron chi connectivity index (χ3n) is 4.03. The molecule has 0 amide bonds. The van der Waals surface area contributed by atoms with Gasteiger partial charge in [0.05, 0.1) is 10.6 Å². The summed E-state index contributed by atoms with van der Waals surface area (Å²) in [6.45, 7) is 4.77. The van der Waals surface area contributed by atoms with E-state index in [-0.39, 0.29) is 11.2 Å². The molecule has 0 aliphatic heterocycles. The van der Waals surface area contributed by atoms with E-state index in [9.17, 15) is 8.42 Å². The molecule has 0 spiro atoms. The average molecular weight is 281 g/mol. The molecule has 0 radical (unpaired) electrons. The quantitative estimate of drug-likeness (QED) is 0.872. The van der Waals surface area contributed by atoms with E-state index < -0.39 is 9.84 Å². The van der Waals surface area contributed by atoms with Crippen molar-refractivity contribution < 1.29 is 8.42 Å². The van der Waals surface area contributed by atoms with Gasteiger partial charge in [-0.1, -0.05) is 26.0 Å². The van der Waals surface area contributed by atoms with E-state index >= 15 is 0 Å². The third kappa shape index (κ3) is 3.37.